The zero-order chi connectivity index (χ0) is 25.8. The van der Waals surface area contributed by atoms with Crippen LogP contribution in [0.1, 0.15) is 45.1 Å². The molecule has 0 bridgehead atoms. The van der Waals surface area contributed by atoms with E-state index in [2.05, 4.69) is 16.0 Å². The SMILES string of the molecule is Cc1ccccc1NC(=O)Nc1ccc(NC(=O)CN(CCC(C)C)C(=O)CCCC(=O)O)cc1. The molecule has 4 N–H and O–H groups in total. The number of aryl methyl sites for hydroxylation is 1. The molecule has 2 aromatic rings. The summed E-state index contributed by atoms with van der Waals surface area (Å²) in [5, 5.41) is 17.1. The number of hydrogen-bond donors (Lipinski definition) is 4. The summed E-state index contributed by atoms with van der Waals surface area (Å²) in [7, 11) is 0. The fraction of sp³-hybridized carbons (Fsp3) is 0.385. The Bertz CT molecular complexity index is 1020. The largest absolute Gasteiger partial charge is 0.481 e. The van der Waals surface area contributed by atoms with Crippen LogP contribution in [0.5, 0.6) is 0 Å². The number of carbonyl (C=O) groups excluding carboxylic acids is 3. The smallest absolute Gasteiger partial charge is 0.323 e. The number of urea groups is 1. The molecule has 2 rings (SSSR count). The van der Waals surface area contributed by atoms with Crippen LogP contribution >= 0.6 is 0 Å². The van der Waals surface area contributed by atoms with Crippen molar-refractivity contribution in [3.63, 3.8) is 0 Å². The molecule has 0 heterocycles. The summed E-state index contributed by atoms with van der Waals surface area (Å²) in [6.45, 7) is 6.28. The van der Waals surface area contributed by atoms with Gasteiger partial charge < -0.3 is 26.0 Å². The van der Waals surface area contributed by atoms with Crippen LogP contribution < -0.4 is 16.0 Å². The van der Waals surface area contributed by atoms with Gasteiger partial charge >= 0.3 is 12.0 Å². The number of hydrogen-bond acceptors (Lipinski definition) is 4. The molecule has 0 unspecified atom stereocenters. The first-order chi connectivity index (χ1) is 16.6. The lowest BCUT2D eigenvalue weighted by Crippen LogP contribution is -2.39. The van der Waals surface area contributed by atoms with Crippen LogP contribution in [-0.4, -0.2) is 46.9 Å². The number of rotatable bonds is 12. The van der Waals surface area contributed by atoms with Gasteiger partial charge in [0.2, 0.25) is 11.8 Å². The number of carbonyl (C=O) groups is 4. The molecule has 35 heavy (non-hydrogen) atoms. The van der Waals surface area contributed by atoms with Crippen molar-refractivity contribution in [2.24, 2.45) is 5.92 Å². The van der Waals surface area contributed by atoms with Gasteiger partial charge in [-0.15, -0.1) is 0 Å². The van der Waals surface area contributed by atoms with Crippen LogP contribution in [0.4, 0.5) is 21.9 Å². The van der Waals surface area contributed by atoms with E-state index in [1.165, 1.54) is 4.90 Å². The average Bonchev–Trinajstić information content (AvgIpc) is 2.79. The highest BCUT2D eigenvalue weighted by Crippen LogP contribution is 2.16. The fourth-order valence-corrected chi connectivity index (χ4v) is 3.26. The number of para-hydroxylation sites is 1. The molecule has 0 aliphatic rings. The lowest BCUT2D eigenvalue weighted by molar-refractivity contribution is -0.138. The molecule has 0 spiro atoms. The molecular formula is C26H34N4O5. The first-order valence-electron chi connectivity index (χ1n) is 11.7. The minimum atomic E-state index is -0.949. The minimum Gasteiger partial charge on any atom is -0.481 e. The third-order valence-electron chi connectivity index (χ3n) is 5.26. The van der Waals surface area contributed by atoms with Gasteiger partial charge in [0.25, 0.3) is 0 Å². The van der Waals surface area contributed by atoms with E-state index in [0.717, 1.165) is 12.0 Å². The first kappa shape index (κ1) is 27.4. The molecule has 0 aliphatic heterocycles. The number of nitrogens with zero attached hydrogens (tertiary/aromatic N) is 1. The van der Waals surface area contributed by atoms with Gasteiger partial charge in [-0.25, -0.2) is 4.79 Å². The van der Waals surface area contributed by atoms with Gasteiger partial charge in [0.05, 0.1) is 6.54 Å². The lowest BCUT2D eigenvalue weighted by Gasteiger charge is -2.23. The third-order valence-corrected chi connectivity index (χ3v) is 5.26. The Morgan fingerprint density at radius 2 is 1.51 bits per heavy atom. The Morgan fingerprint density at radius 1 is 0.886 bits per heavy atom. The van der Waals surface area contributed by atoms with Crippen molar-refractivity contribution in [3.8, 4) is 0 Å². The van der Waals surface area contributed by atoms with E-state index in [1.54, 1.807) is 24.3 Å². The quantitative estimate of drug-likeness (QED) is 0.348. The summed E-state index contributed by atoms with van der Waals surface area (Å²) in [6, 6.07) is 13.7. The second-order valence-electron chi connectivity index (χ2n) is 8.76. The van der Waals surface area contributed by atoms with Crippen molar-refractivity contribution in [3.05, 3.63) is 54.1 Å². The number of nitrogens with one attached hydrogen (secondary N) is 3. The summed E-state index contributed by atoms with van der Waals surface area (Å²) in [4.78, 5) is 49.5. The standard InChI is InChI=1S/C26H34N4O5/c1-18(2)15-16-30(24(32)9-6-10-25(33)34)17-23(31)27-20-11-13-21(14-12-20)28-26(35)29-22-8-5-4-7-19(22)3/h4-5,7-8,11-14,18H,6,9-10,15-17H2,1-3H3,(H,27,31)(H,33,34)(H2,28,29,35). The molecular weight excluding hydrogens is 448 g/mol. The van der Waals surface area contributed by atoms with Gasteiger partial charge in [0, 0.05) is 36.4 Å². The van der Waals surface area contributed by atoms with Crippen molar-refractivity contribution < 1.29 is 24.3 Å². The highest BCUT2D eigenvalue weighted by molar-refractivity contribution is 6.00. The molecule has 0 saturated heterocycles. The monoisotopic (exact) mass is 482 g/mol. The molecule has 0 atom stereocenters. The van der Waals surface area contributed by atoms with E-state index in [9.17, 15) is 19.2 Å². The minimum absolute atomic E-state index is 0.0840. The summed E-state index contributed by atoms with van der Waals surface area (Å²) in [5.41, 5.74) is 2.75. The van der Waals surface area contributed by atoms with Gasteiger partial charge in [0.15, 0.2) is 0 Å². The van der Waals surface area contributed by atoms with Gasteiger partial charge in [-0.1, -0.05) is 32.0 Å². The topological polar surface area (TPSA) is 128 Å². The number of carboxylic acid groups (broad SMARTS) is 1. The van der Waals surface area contributed by atoms with E-state index in [0.29, 0.717) is 29.5 Å². The molecule has 9 nitrogen and oxygen atoms in total. The van der Waals surface area contributed by atoms with Crippen LogP contribution in [0.25, 0.3) is 0 Å². The Labute approximate surface area is 205 Å². The summed E-state index contributed by atoms with van der Waals surface area (Å²) in [5.74, 6) is -1.18. The zero-order valence-electron chi connectivity index (χ0n) is 20.5. The number of aliphatic carboxylic acids is 1. The van der Waals surface area contributed by atoms with Crippen molar-refractivity contribution in [2.75, 3.05) is 29.0 Å². The number of anilines is 3. The Morgan fingerprint density at radius 3 is 2.11 bits per heavy atom. The van der Waals surface area contributed by atoms with Crippen LogP contribution in [-0.2, 0) is 14.4 Å². The van der Waals surface area contributed by atoms with Crippen LogP contribution in [0.15, 0.2) is 48.5 Å². The first-order valence-corrected chi connectivity index (χ1v) is 11.7. The van der Waals surface area contributed by atoms with Gasteiger partial charge in [-0.05, 0) is 61.6 Å². The molecule has 0 aromatic heterocycles. The van der Waals surface area contributed by atoms with E-state index in [-0.39, 0.29) is 43.7 Å². The fourth-order valence-electron chi connectivity index (χ4n) is 3.26. The lowest BCUT2D eigenvalue weighted by atomic mass is 10.1. The van der Waals surface area contributed by atoms with E-state index >= 15 is 0 Å². The Kier molecular flexibility index (Phi) is 10.7. The van der Waals surface area contributed by atoms with Crippen LogP contribution in [0.2, 0.25) is 0 Å². The van der Waals surface area contributed by atoms with E-state index in [1.807, 2.05) is 45.0 Å². The Balaban J connectivity index is 1.90. The second-order valence-corrected chi connectivity index (χ2v) is 8.76. The van der Waals surface area contributed by atoms with E-state index < -0.39 is 5.97 Å². The Hall–Kier alpha value is -3.88. The predicted molar refractivity (Wildman–Crippen MR) is 136 cm³/mol. The maximum absolute atomic E-state index is 12.6. The van der Waals surface area contributed by atoms with Crippen LogP contribution in [0.3, 0.4) is 0 Å². The van der Waals surface area contributed by atoms with E-state index in [4.69, 9.17) is 5.11 Å². The maximum atomic E-state index is 12.6. The highest BCUT2D eigenvalue weighted by atomic mass is 16.4. The number of carboxylic acids is 1. The molecule has 0 fully saturated rings. The summed E-state index contributed by atoms with van der Waals surface area (Å²) in [6.07, 6.45) is 0.977. The maximum Gasteiger partial charge on any atom is 0.323 e. The summed E-state index contributed by atoms with van der Waals surface area (Å²) < 4.78 is 0. The number of amides is 4. The normalized spacial score (nSPS) is 10.5. The van der Waals surface area contributed by atoms with Gasteiger partial charge in [0.1, 0.15) is 0 Å². The molecule has 0 radical (unpaired) electrons. The van der Waals surface area contributed by atoms with Crippen molar-refractivity contribution >= 4 is 40.9 Å². The molecule has 0 aliphatic carbocycles. The molecule has 0 saturated carbocycles. The molecule has 4 amide bonds. The van der Waals surface area contributed by atoms with Crippen molar-refractivity contribution in [1.82, 2.24) is 4.90 Å². The van der Waals surface area contributed by atoms with Crippen LogP contribution in [0, 0.1) is 12.8 Å². The van der Waals surface area contributed by atoms with Crippen molar-refractivity contribution in [1.29, 1.82) is 0 Å². The molecule has 2 aromatic carbocycles. The van der Waals surface area contributed by atoms with Gasteiger partial charge in [-0.3, -0.25) is 14.4 Å². The predicted octanol–water partition coefficient (Wildman–Crippen LogP) is 4.71. The second kappa shape index (κ2) is 13.7. The number of benzene rings is 2. The molecule has 188 valence electrons. The third kappa shape index (κ3) is 10.3. The highest BCUT2D eigenvalue weighted by Gasteiger charge is 2.18. The molecule has 9 heteroatoms. The summed E-state index contributed by atoms with van der Waals surface area (Å²) >= 11 is 0. The van der Waals surface area contributed by atoms with Crippen molar-refractivity contribution in [2.45, 2.75) is 46.5 Å². The van der Waals surface area contributed by atoms with Gasteiger partial charge in [-0.2, -0.15) is 0 Å². The zero-order valence-corrected chi connectivity index (χ0v) is 20.5. The average molecular weight is 483 g/mol.